The monoisotopic (exact) mass is 428 g/mol. The highest BCUT2D eigenvalue weighted by Crippen LogP contribution is 2.33. The fraction of sp³-hybridized carbons (Fsp3) is 0.333. The first-order valence-electron chi connectivity index (χ1n) is 9.62. The molecule has 0 aliphatic carbocycles. The Morgan fingerprint density at radius 3 is 2.67 bits per heavy atom. The summed E-state index contributed by atoms with van der Waals surface area (Å²) in [7, 11) is 2.86. The zero-order chi connectivity index (χ0) is 21.4. The van der Waals surface area contributed by atoms with Crippen molar-refractivity contribution in [1.29, 1.82) is 0 Å². The zero-order valence-electron chi connectivity index (χ0n) is 16.7. The number of oxazole rings is 1. The van der Waals surface area contributed by atoms with Crippen LogP contribution in [0.4, 0.5) is 0 Å². The summed E-state index contributed by atoms with van der Waals surface area (Å²) < 4.78 is 8.11. The number of amides is 1. The summed E-state index contributed by atoms with van der Waals surface area (Å²) in [6.07, 6.45) is 3.71. The second kappa shape index (κ2) is 7.95. The lowest BCUT2D eigenvalue weighted by atomic mass is 10.1. The third-order valence-corrected chi connectivity index (χ3v) is 5.66. The Bertz CT molecular complexity index is 1210. The van der Waals surface area contributed by atoms with Crippen LogP contribution in [-0.4, -0.2) is 31.5 Å². The van der Waals surface area contributed by atoms with Crippen molar-refractivity contribution in [2.75, 3.05) is 6.54 Å². The van der Waals surface area contributed by atoms with Crippen LogP contribution in [0.2, 0.25) is 5.02 Å². The quantitative estimate of drug-likeness (QED) is 0.636. The van der Waals surface area contributed by atoms with Gasteiger partial charge in [0.15, 0.2) is 0 Å². The predicted octanol–water partition coefficient (Wildman–Crippen LogP) is 2.29. The highest BCUT2D eigenvalue weighted by Gasteiger charge is 2.35. The number of halogens is 1. The first-order valence-corrected chi connectivity index (χ1v) is 10.00. The number of benzene rings is 1. The van der Waals surface area contributed by atoms with Gasteiger partial charge in [-0.25, -0.2) is 9.78 Å². The maximum atomic E-state index is 13.1. The van der Waals surface area contributed by atoms with Gasteiger partial charge in [0.05, 0.1) is 6.20 Å². The van der Waals surface area contributed by atoms with Gasteiger partial charge in [-0.1, -0.05) is 23.7 Å². The normalized spacial score (nSPS) is 16.2. The Morgan fingerprint density at radius 2 is 1.93 bits per heavy atom. The minimum atomic E-state index is -0.539. The number of nitrogens with zero attached hydrogens (tertiary/aromatic N) is 4. The Balaban J connectivity index is 1.58. The summed E-state index contributed by atoms with van der Waals surface area (Å²) in [5.41, 5.74) is 0.0427. The van der Waals surface area contributed by atoms with E-state index in [4.69, 9.17) is 16.0 Å². The maximum absolute atomic E-state index is 13.1. The van der Waals surface area contributed by atoms with E-state index in [1.807, 2.05) is 24.3 Å². The topological polar surface area (TPSA) is 90.3 Å². The van der Waals surface area contributed by atoms with E-state index in [9.17, 15) is 14.4 Å². The molecule has 3 heterocycles. The average Bonchev–Trinajstić information content (AvgIpc) is 3.39. The lowest BCUT2D eigenvalue weighted by molar-refractivity contribution is 0.0702. The fourth-order valence-electron chi connectivity index (χ4n) is 3.71. The van der Waals surface area contributed by atoms with Crippen molar-refractivity contribution in [1.82, 2.24) is 19.0 Å². The highest BCUT2D eigenvalue weighted by atomic mass is 35.5. The molecular formula is C21H21ClN4O4. The smallest absolute Gasteiger partial charge is 0.331 e. The van der Waals surface area contributed by atoms with E-state index in [0.717, 1.165) is 16.6 Å². The van der Waals surface area contributed by atoms with E-state index in [1.54, 1.807) is 11.1 Å². The molecule has 1 amide bonds. The molecule has 30 heavy (non-hydrogen) atoms. The van der Waals surface area contributed by atoms with Gasteiger partial charge in [0.25, 0.3) is 11.5 Å². The molecule has 1 aromatic carbocycles. The molecule has 1 aliphatic rings. The molecule has 1 saturated heterocycles. The van der Waals surface area contributed by atoms with Gasteiger partial charge in [0.2, 0.25) is 5.89 Å². The number of carbonyl (C=O) groups excluding carboxylic acids is 1. The number of hydrogen-bond acceptors (Lipinski definition) is 5. The van der Waals surface area contributed by atoms with E-state index in [2.05, 4.69) is 4.98 Å². The van der Waals surface area contributed by atoms with Crippen LogP contribution in [0.1, 0.15) is 46.6 Å². The van der Waals surface area contributed by atoms with Crippen molar-refractivity contribution in [3.8, 4) is 0 Å². The van der Waals surface area contributed by atoms with Gasteiger partial charge in [-0.2, -0.15) is 0 Å². The minimum Gasteiger partial charge on any atom is -0.443 e. The van der Waals surface area contributed by atoms with Gasteiger partial charge in [-0.05, 0) is 30.5 Å². The van der Waals surface area contributed by atoms with Crippen molar-refractivity contribution >= 4 is 17.5 Å². The molecule has 1 aliphatic heterocycles. The van der Waals surface area contributed by atoms with Crippen LogP contribution in [0.25, 0.3) is 0 Å². The van der Waals surface area contributed by atoms with Crippen molar-refractivity contribution in [3.05, 3.63) is 85.3 Å². The molecule has 0 N–H and O–H groups in total. The molecule has 9 heteroatoms. The molecule has 2 aromatic heterocycles. The summed E-state index contributed by atoms with van der Waals surface area (Å²) in [6.45, 7) is 0.502. The van der Waals surface area contributed by atoms with Gasteiger partial charge in [0.1, 0.15) is 17.5 Å². The van der Waals surface area contributed by atoms with E-state index in [-0.39, 0.29) is 17.6 Å². The number of carbonyl (C=O) groups is 1. The average molecular weight is 429 g/mol. The third-order valence-electron chi connectivity index (χ3n) is 5.41. The van der Waals surface area contributed by atoms with Gasteiger partial charge in [0, 0.05) is 38.1 Å². The molecule has 0 radical (unpaired) electrons. The van der Waals surface area contributed by atoms with E-state index < -0.39 is 11.2 Å². The van der Waals surface area contributed by atoms with Crippen molar-refractivity contribution < 1.29 is 9.21 Å². The summed E-state index contributed by atoms with van der Waals surface area (Å²) in [5.74, 6) is 0.763. The van der Waals surface area contributed by atoms with Crippen LogP contribution in [-0.2, 0) is 20.5 Å². The Kier molecular flexibility index (Phi) is 5.34. The van der Waals surface area contributed by atoms with E-state index in [0.29, 0.717) is 36.1 Å². The molecule has 4 rings (SSSR count). The molecule has 0 saturated carbocycles. The standard InChI is InChI=1S/C21H21ClN4O4/c1-24-17(11-18(27)25(2)21(24)29)20(28)26-9-3-4-16(26)19-23-12-15(30-19)10-13-5-7-14(22)8-6-13/h5-8,11-12,16H,3-4,9-10H2,1-2H3/t16-/m0/s1. The second-order valence-electron chi connectivity index (χ2n) is 7.39. The molecule has 1 fully saturated rings. The fourth-order valence-corrected chi connectivity index (χ4v) is 3.84. The molecule has 8 nitrogen and oxygen atoms in total. The van der Waals surface area contributed by atoms with E-state index in [1.165, 1.54) is 24.7 Å². The second-order valence-corrected chi connectivity index (χ2v) is 7.83. The SMILES string of the molecule is Cn1c(C(=O)N2CCC[C@H]2c2ncc(Cc3ccc(Cl)cc3)o2)cc(=O)n(C)c1=O. The van der Waals surface area contributed by atoms with Crippen LogP contribution in [0.3, 0.4) is 0 Å². The molecular weight excluding hydrogens is 408 g/mol. The largest absolute Gasteiger partial charge is 0.443 e. The van der Waals surface area contributed by atoms with Crippen molar-refractivity contribution in [2.45, 2.75) is 25.3 Å². The summed E-state index contributed by atoms with van der Waals surface area (Å²) in [6, 6.07) is 8.34. The van der Waals surface area contributed by atoms with Crippen LogP contribution in [0.15, 0.2) is 50.5 Å². The molecule has 156 valence electrons. The highest BCUT2D eigenvalue weighted by molar-refractivity contribution is 6.30. The molecule has 0 bridgehead atoms. The zero-order valence-corrected chi connectivity index (χ0v) is 17.4. The Hall–Kier alpha value is -3.13. The molecule has 3 aromatic rings. The Labute approximate surface area is 177 Å². The molecule has 0 spiro atoms. The lowest BCUT2D eigenvalue weighted by Crippen LogP contribution is -2.42. The minimum absolute atomic E-state index is 0.0583. The van der Waals surface area contributed by atoms with Crippen LogP contribution < -0.4 is 11.2 Å². The first-order chi connectivity index (χ1) is 14.3. The molecule has 0 unspecified atom stereocenters. The number of likely N-dealkylation sites (tertiary alicyclic amines) is 1. The van der Waals surface area contributed by atoms with Gasteiger partial charge < -0.3 is 9.32 Å². The number of aromatic nitrogens is 3. The summed E-state index contributed by atoms with van der Waals surface area (Å²) >= 11 is 5.92. The number of rotatable bonds is 4. The van der Waals surface area contributed by atoms with Gasteiger partial charge in [-0.15, -0.1) is 0 Å². The van der Waals surface area contributed by atoms with E-state index >= 15 is 0 Å². The predicted molar refractivity (Wildman–Crippen MR) is 111 cm³/mol. The summed E-state index contributed by atoms with van der Waals surface area (Å²) in [5, 5.41) is 0.669. The lowest BCUT2D eigenvalue weighted by Gasteiger charge is -2.23. The number of hydrogen-bond donors (Lipinski definition) is 0. The van der Waals surface area contributed by atoms with Gasteiger partial charge in [-0.3, -0.25) is 18.7 Å². The van der Waals surface area contributed by atoms with Crippen LogP contribution >= 0.6 is 11.6 Å². The maximum Gasteiger partial charge on any atom is 0.331 e. The van der Waals surface area contributed by atoms with Crippen molar-refractivity contribution in [2.24, 2.45) is 14.1 Å². The summed E-state index contributed by atoms with van der Waals surface area (Å²) in [4.78, 5) is 43.4. The first kappa shape index (κ1) is 20.2. The third kappa shape index (κ3) is 3.70. The molecule has 1 atom stereocenters. The van der Waals surface area contributed by atoms with Crippen LogP contribution in [0, 0.1) is 0 Å². The Morgan fingerprint density at radius 1 is 1.20 bits per heavy atom. The van der Waals surface area contributed by atoms with Crippen LogP contribution in [0.5, 0.6) is 0 Å². The van der Waals surface area contributed by atoms with Gasteiger partial charge >= 0.3 is 5.69 Å². The van der Waals surface area contributed by atoms with Crippen molar-refractivity contribution in [3.63, 3.8) is 0 Å².